The predicted molar refractivity (Wildman–Crippen MR) is 68.1 cm³/mol. The molecule has 1 aromatic carbocycles. The van der Waals surface area contributed by atoms with Gasteiger partial charge in [-0.25, -0.2) is 0 Å². The SMILES string of the molecule is O=C(NC1CC(C(=O)O)C1)c1cc(Cl)cc(C(F)(F)F)c1. The fourth-order valence-electron chi connectivity index (χ4n) is 2.09. The molecular formula is C13H11ClF3NO3. The molecule has 0 heterocycles. The van der Waals surface area contributed by atoms with Crippen molar-refractivity contribution in [2.75, 3.05) is 0 Å². The quantitative estimate of drug-likeness (QED) is 0.899. The number of carbonyl (C=O) groups excluding carboxylic acids is 1. The summed E-state index contributed by atoms with van der Waals surface area (Å²) < 4.78 is 37.9. The Morgan fingerprint density at radius 2 is 1.86 bits per heavy atom. The van der Waals surface area contributed by atoms with Crippen molar-refractivity contribution < 1.29 is 27.9 Å². The van der Waals surface area contributed by atoms with Crippen LogP contribution < -0.4 is 5.32 Å². The zero-order valence-electron chi connectivity index (χ0n) is 10.6. The predicted octanol–water partition coefficient (Wildman–Crippen LogP) is 2.95. The van der Waals surface area contributed by atoms with Crippen LogP contribution in [0.2, 0.25) is 5.02 Å². The third kappa shape index (κ3) is 3.66. The molecular weight excluding hydrogens is 311 g/mol. The van der Waals surface area contributed by atoms with Gasteiger partial charge in [0.15, 0.2) is 0 Å². The van der Waals surface area contributed by atoms with Gasteiger partial charge in [0.2, 0.25) is 0 Å². The third-order valence-electron chi connectivity index (χ3n) is 3.31. The zero-order chi connectivity index (χ0) is 15.8. The molecule has 8 heteroatoms. The van der Waals surface area contributed by atoms with E-state index in [0.717, 1.165) is 12.1 Å². The first kappa shape index (κ1) is 15.6. The van der Waals surface area contributed by atoms with Crippen LogP contribution in [0.1, 0.15) is 28.8 Å². The lowest BCUT2D eigenvalue weighted by Crippen LogP contribution is -2.46. The summed E-state index contributed by atoms with van der Waals surface area (Å²) in [6.07, 6.45) is -4.05. The highest BCUT2D eigenvalue weighted by Crippen LogP contribution is 2.32. The van der Waals surface area contributed by atoms with E-state index in [9.17, 15) is 22.8 Å². The van der Waals surface area contributed by atoms with Crippen molar-refractivity contribution in [3.63, 3.8) is 0 Å². The number of hydrogen-bond donors (Lipinski definition) is 2. The standard InChI is InChI=1S/C13H11ClF3NO3/c14-9-2-6(1-8(5-9)13(15,16)17)11(19)18-10-3-7(4-10)12(20)21/h1-2,5,7,10H,3-4H2,(H,18,19)(H,20,21). The van der Waals surface area contributed by atoms with Crippen molar-refractivity contribution in [3.8, 4) is 0 Å². The number of carboxylic acid groups (broad SMARTS) is 1. The summed E-state index contributed by atoms with van der Waals surface area (Å²) in [4.78, 5) is 22.5. The highest BCUT2D eigenvalue weighted by atomic mass is 35.5. The van der Waals surface area contributed by atoms with Gasteiger partial charge in [0, 0.05) is 16.6 Å². The lowest BCUT2D eigenvalue weighted by Gasteiger charge is -2.32. The van der Waals surface area contributed by atoms with Gasteiger partial charge in [-0.3, -0.25) is 9.59 Å². The van der Waals surface area contributed by atoms with Crippen LogP contribution in [0.25, 0.3) is 0 Å². The number of amides is 1. The van der Waals surface area contributed by atoms with Gasteiger partial charge < -0.3 is 10.4 Å². The third-order valence-corrected chi connectivity index (χ3v) is 3.53. The number of rotatable bonds is 3. The van der Waals surface area contributed by atoms with E-state index >= 15 is 0 Å². The first-order valence-corrected chi connectivity index (χ1v) is 6.46. The van der Waals surface area contributed by atoms with Crippen LogP contribution in [-0.4, -0.2) is 23.0 Å². The maximum absolute atomic E-state index is 12.6. The fourth-order valence-corrected chi connectivity index (χ4v) is 2.33. The molecule has 0 aliphatic heterocycles. The van der Waals surface area contributed by atoms with Crippen LogP contribution >= 0.6 is 11.6 Å². The highest BCUT2D eigenvalue weighted by molar-refractivity contribution is 6.31. The van der Waals surface area contributed by atoms with Crippen LogP contribution in [-0.2, 0) is 11.0 Å². The zero-order valence-corrected chi connectivity index (χ0v) is 11.3. The van der Waals surface area contributed by atoms with Crippen LogP contribution in [0.3, 0.4) is 0 Å². The largest absolute Gasteiger partial charge is 0.481 e. The van der Waals surface area contributed by atoms with E-state index < -0.39 is 29.5 Å². The van der Waals surface area contributed by atoms with Crippen LogP contribution in [0.5, 0.6) is 0 Å². The van der Waals surface area contributed by atoms with Crippen molar-refractivity contribution >= 4 is 23.5 Å². The monoisotopic (exact) mass is 321 g/mol. The van der Waals surface area contributed by atoms with Crippen molar-refractivity contribution in [2.24, 2.45) is 5.92 Å². The molecule has 1 fully saturated rings. The van der Waals surface area contributed by atoms with Gasteiger partial charge in [-0.2, -0.15) is 13.2 Å². The summed E-state index contributed by atoms with van der Waals surface area (Å²) in [6, 6.07) is 2.25. The summed E-state index contributed by atoms with van der Waals surface area (Å²) >= 11 is 5.59. The van der Waals surface area contributed by atoms with Gasteiger partial charge >= 0.3 is 12.1 Å². The number of aliphatic carboxylic acids is 1. The van der Waals surface area contributed by atoms with E-state index in [1.54, 1.807) is 0 Å². The van der Waals surface area contributed by atoms with Gasteiger partial charge in [-0.1, -0.05) is 11.6 Å². The van der Waals surface area contributed by atoms with E-state index in [-0.39, 0.29) is 29.5 Å². The second-order valence-electron chi connectivity index (χ2n) is 4.90. The first-order valence-electron chi connectivity index (χ1n) is 6.08. The number of benzene rings is 1. The summed E-state index contributed by atoms with van der Waals surface area (Å²) in [7, 11) is 0. The normalized spacial score (nSPS) is 21.5. The van der Waals surface area contributed by atoms with Gasteiger partial charge in [0.05, 0.1) is 11.5 Å². The number of halogens is 4. The average Bonchev–Trinajstić information content (AvgIpc) is 2.30. The Hall–Kier alpha value is -1.76. The van der Waals surface area contributed by atoms with E-state index in [1.165, 1.54) is 0 Å². The van der Waals surface area contributed by atoms with Crippen molar-refractivity contribution in [1.82, 2.24) is 5.32 Å². The summed E-state index contributed by atoms with van der Waals surface area (Å²) in [5.74, 6) is -2.15. The molecule has 0 atom stereocenters. The Morgan fingerprint density at radius 3 is 2.38 bits per heavy atom. The average molecular weight is 322 g/mol. The summed E-state index contributed by atoms with van der Waals surface area (Å²) in [5.41, 5.74) is -1.20. The first-order chi connectivity index (χ1) is 9.66. The molecule has 4 nitrogen and oxygen atoms in total. The van der Waals surface area contributed by atoms with E-state index in [4.69, 9.17) is 16.7 Å². The van der Waals surface area contributed by atoms with E-state index in [0.29, 0.717) is 6.07 Å². The molecule has 2 rings (SSSR count). The van der Waals surface area contributed by atoms with Crippen LogP contribution in [0.4, 0.5) is 13.2 Å². The molecule has 0 saturated heterocycles. The van der Waals surface area contributed by atoms with Crippen LogP contribution in [0.15, 0.2) is 18.2 Å². The lowest BCUT2D eigenvalue weighted by atomic mass is 9.80. The maximum Gasteiger partial charge on any atom is 0.416 e. The topological polar surface area (TPSA) is 66.4 Å². The molecule has 1 saturated carbocycles. The molecule has 0 radical (unpaired) electrons. The molecule has 114 valence electrons. The van der Waals surface area contributed by atoms with Crippen molar-refractivity contribution in [1.29, 1.82) is 0 Å². The molecule has 1 aromatic rings. The minimum absolute atomic E-state index is 0.188. The number of carbonyl (C=O) groups is 2. The lowest BCUT2D eigenvalue weighted by molar-refractivity contribution is -0.145. The fraction of sp³-hybridized carbons (Fsp3) is 0.385. The number of carboxylic acids is 1. The molecule has 0 aromatic heterocycles. The van der Waals surface area contributed by atoms with E-state index in [1.807, 2.05) is 0 Å². The number of alkyl halides is 3. The molecule has 1 aliphatic rings. The Morgan fingerprint density at radius 1 is 1.24 bits per heavy atom. The number of hydrogen-bond acceptors (Lipinski definition) is 2. The number of nitrogens with one attached hydrogen (secondary N) is 1. The maximum atomic E-state index is 12.6. The highest BCUT2D eigenvalue weighted by Gasteiger charge is 2.36. The minimum atomic E-state index is -4.59. The Kier molecular flexibility index (Phi) is 4.13. The molecule has 1 amide bonds. The van der Waals surface area contributed by atoms with E-state index in [2.05, 4.69) is 5.32 Å². The van der Waals surface area contributed by atoms with Crippen LogP contribution in [0, 0.1) is 5.92 Å². The minimum Gasteiger partial charge on any atom is -0.481 e. The van der Waals surface area contributed by atoms with Crippen molar-refractivity contribution in [3.05, 3.63) is 34.3 Å². The van der Waals surface area contributed by atoms with Gasteiger partial charge in [0.1, 0.15) is 0 Å². The Labute approximate surface area is 122 Å². The van der Waals surface area contributed by atoms with Gasteiger partial charge in [-0.15, -0.1) is 0 Å². The molecule has 0 bridgehead atoms. The molecule has 0 unspecified atom stereocenters. The van der Waals surface area contributed by atoms with Gasteiger partial charge in [-0.05, 0) is 31.0 Å². The van der Waals surface area contributed by atoms with Gasteiger partial charge in [0.25, 0.3) is 5.91 Å². The molecule has 1 aliphatic carbocycles. The summed E-state index contributed by atoms with van der Waals surface area (Å²) in [6.45, 7) is 0. The second kappa shape index (κ2) is 5.55. The molecule has 0 spiro atoms. The second-order valence-corrected chi connectivity index (χ2v) is 5.34. The Bertz CT molecular complexity index is 583. The molecule has 21 heavy (non-hydrogen) atoms. The summed E-state index contributed by atoms with van der Waals surface area (Å²) in [5, 5.41) is 11.0. The van der Waals surface area contributed by atoms with Crippen molar-refractivity contribution in [2.45, 2.75) is 25.1 Å². The Balaban J connectivity index is 2.07. The molecule has 2 N–H and O–H groups in total. The smallest absolute Gasteiger partial charge is 0.416 e.